The number of carbonyl (C=O) groups is 1. The Balaban J connectivity index is 1.11. The first-order chi connectivity index (χ1) is 26.1. The summed E-state index contributed by atoms with van der Waals surface area (Å²) in [7, 11) is -18.1. The van der Waals surface area contributed by atoms with Gasteiger partial charge in [0.15, 0.2) is 0 Å². The van der Waals surface area contributed by atoms with Crippen molar-refractivity contribution in [3.05, 3.63) is 96.1 Å². The lowest BCUT2D eigenvalue weighted by Gasteiger charge is -2.35. The molecule has 21 heteroatoms. The number of anilines is 6. The molecule has 56 heavy (non-hydrogen) atoms. The number of nitrogens with one attached hydrogen (secondary N) is 2. The highest BCUT2D eigenvalue weighted by Gasteiger charge is 2.41. The highest BCUT2D eigenvalue weighted by atomic mass is 32.2. The number of phenols is 2. The van der Waals surface area contributed by atoms with Crippen LogP contribution in [0.25, 0.3) is 21.5 Å². The van der Waals surface area contributed by atoms with Crippen LogP contribution in [0.3, 0.4) is 0 Å². The van der Waals surface area contributed by atoms with Crippen LogP contribution in [0.5, 0.6) is 11.5 Å². The first kappa shape index (κ1) is 37.0. The van der Waals surface area contributed by atoms with Crippen molar-refractivity contribution >= 4 is 102 Å². The van der Waals surface area contributed by atoms with Crippen molar-refractivity contribution in [1.82, 2.24) is 0 Å². The number of benzene rings is 6. The van der Waals surface area contributed by atoms with Crippen LogP contribution in [0.2, 0.25) is 0 Å². The lowest BCUT2D eigenvalue weighted by atomic mass is 10.1. The molecule has 6 aromatic rings. The predicted molar refractivity (Wildman–Crippen MR) is 205 cm³/mol. The largest absolute Gasteiger partial charge is 0.506 e. The smallest absolute Gasteiger partial charge is 0.323 e. The van der Waals surface area contributed by atoms with Gasteiger partial charge >= 0.3 is 6.03 Å². The number of nitrogens with zero attached hydrogens (tertiary/aromatic N) is 2. The molecule has 6 aromatic carbocycles. The van der Waals surface area contributed by atoms with Crippen LogP contribution in [0.15, 0.2) is 105 Å². The fourth-order valence-electron chi connectivity index (χ4n) is 6.91. The van der Waals surface area contributed by atoms with Crippen LogP contribution >= 0.6 is 0 Å². The third-order valence-electron chi connectivity index (χ3n) is 9.59. The number of rotatable bonds is 6. The SMILES string of the molecule is Cc1c2ccc(c1NC(=O)Nc1c3ccc(c1C)N(c1cc4ccc(S(=O)(=O)O)cc4cc1O)S3(=O)=O)S(=O)(=O)N2c1cc2ccc(S(=O)(=O)O)cc2cc1O. The molecule has 10 rings (SSSR count). The van der Waals surface area contributed by atoms with Crippen LogP contribution < -0.4 is 19.2 Å². The average molecular weight is 839 g/mol. The van der Waals surface area contributed by atoms with Gasteiger partial charge in [-0.1, -0.05) is 12.1 Å². The van der Waals surface area contributed by atoms with E-state index in [2.05, 4.69) is 10.6 Å². The molecule has 0 spiro atoms. The molecule has 0 radical (unpaired) electrons. The predicted octanol–water partition coefficient (Wildman–Crippen LogP) is 5.84. The fraction of sp³-hybridized carbons (Fsp3) is 0.0571. The second kappa shape index (κ2) is 12.0. The standard InChI is InChI=1S/C35H26N4O13S4/c1-17-25-7-9-31(53(43,44)38(25)27-13-19-3-5-23(55(47,48)49)11-21(19)15-29(27)40)33(17)36-35(42)37-34-18(2)26-8-10-32(34)54(45,46)39(26)28-14-20-4-6-24(56(50,51)52)12-22(20)16-30(28)41/h3-16,40-41H,1-2H3,(H2,36,37,42)(H,47,48,49)(H,50,51,52). The molecular formula is C35H26N4O13S4. The number of amides is 2. The van der Waals surface area contributed by atoms with E-state index < -0.39 is 67.6 Å². The molecule has 0 aliphatic carbocycles. The van der Waals surface area contributed by atoms with Crippen molar-refractivity contribution in [3.8, 4) is 11.5 Å². The van der Waals surface area contributed by atoms with E-state index in [9.17, 15) is 57.8 Å². The molecule has 4 heterocycles. The zero-order valence-electron chi connectivity index (χ0n) is 28.6. The lowest BCUT2D eigenvalue weighted by molar-refractivity contribution is 0.262. The maximum Gasteiger partial charge on any atom is 0.323 e. The summed E-state index contributed by atoms with van der Waals surface area (Å²) in [6.07, 6.45) is 0. The Kier molecular flexibility index (Phi) is 7.93. The van der Waals surface area contributed by atoms with Gasteiger partial charge in [-0.05, 0) is 119 Å². The second-order valence-corrected chi connectivity index (χ2v) is 19.3. The maximum absolute atomic E-state index is 14.0. The van der Waals surface area contributed by atoms with Crippen molar-refractivity contribution in [3.63, 3.8) is 0 Å². The Bertz CT molecular complexity index is 3050. The summed E-state index contributed by atoms with van der Waals surface area (Å²) in [5.41, 5.74) is 0.0527. The van der Waals surface area contributed by atoms with E-state index >= 15 is 0 Å². The molecule has 0 aromatic heterocycles. The van der Waals surface area contributed by atoms with Gasteiger partial charge in [0.2, 0.25) is 0 Å². The van der Waals surface area contributed by atoms with E-state index in [-0.39, 0.29) is 65.8 Å². The van der Waals surface area contributed by atoms with Gasteiger partial charge in [-0.3, -0.25) is 9.11 Å². The average Bonchev–Trinajstić information content (AvgIpc) is 3.09. The van der Waals surface area contributed by atoms with Crippen molar-refractivity contribution < 1.29 is 57.8 Å². The maximum atomic E-state index is 14.0. The zero-order chi connectivity index (χ0) is 40.4. The number of phenolic OH excluding ortho intramolecular Hbond substituents is 2. The van der Waals surface area contributed by atoms with Gasteiger partial charge in [-0.15, -0.1) is 0 Å². The molecule has 0 saturated heterocycles. The Morgan fingerprint density at radius 1 is 0.536 bits per heavy atom. The van der Waals surface area contributed by atoms with E-state index in [1.807, 2.05) is 0 Å². The molecule has 6 N–H and O–H groups in total. The quantitative estimate of drug-likeness (QED) is 0.108. The fourth-order valence-corrected chi connectivity index (χ4v) is 11.5. The van der Waals surface area contributed by atoms with Gasteiger partial charge in [0.1, 0.15) is 21.3 Å². The first-order valence-corrected chi connectivity index (χ1v) is 21.8. The number of carbonyl (C=O) groups excluding carboxylic acids is 1. The molecule has 0 fully saturated rings. The minimum Gasteiger partial charge on any atom is -0.506 e. The molecule has 4 bridgehead atoms. The second-order valence-electron chi connectivity index (χ2n) is 12.9. The minimum atomic E-state index is -4.55. The van der Waals surface area contributed by atoms with Crippen LogP contribution in [-0.2, 0) is 40.3 Å². The highest BCUT2D eigenvalue weighted by Crippen LogP contribution is 2.51. The first-order valence-electron chi connectivity index (χ1n) is 16.0. The summed E-state index contributed by atoms with van der Waals surface area (Å²) in [4.78, 5) is 12.0. The van der Waals surface area contributed by atoms with E-state index in [0.717, 1.165) is 45.0 Å². The summed E-state index contributed by atoms with van der Waals surface area (Å²) >= 11 is 0. The highest BCUT2D eigenvalue weighted by molar-refractivity contribution is 7.93. The van der Waals surface area contributed by atoms with Gasteiger partial charge in [-0.25, -0.2) is 30.2 Å². The monoisotopic (exact) mass is 838 g/mol. The van der Waals surface area contributed by atoms with E-state index in [1.165, 1.54) is 62.4 Å². The lowest BCUT2D eigenvalue weighted by Crippen LogP contribution is -2.35. The summed E-state index contributed by atoms with van der Waals surface area (Å²) in [6, 6.07) is 16.5. The molecule has 288 valence electrons. The normalized spacial score (nSPS) is 15.4. The van der Waals surface area contributed by atoms with Gasteiger partial charge in [0.05, 0.1) is 43.9 Å². The van der Waals surface area contributed by atoms with Gasteiger partial charge in [-0.2, -0.15) is 16.8 Å². The van der Waals surface area contributed by atoms with E-state index in [4.69, 9.17) is 0 Å². The van der Waals surface area contributed by atoms with E-state index in [1.54, 1.807) is 0 Å². The molecule has 0 saturated carbocycles. The van der Waals surface area contributed by atoms with Gasteiger partial charge in [0.25, 0.3) is 40.3 Å². The summed E-state index contributed by atoms with van der Waals surface area (Å²) in [6.45, 7) is 3.05. The molecule has 0 unspecified atom stereocenters. The Morgan fingerprint density at radius 3 is 1.27 bits per heavy atom. The Hall–Kier alpha value is -5.97. The number of fused-ring (bicyclic) bond motifs is 8. The summed E-state index contributed by atoms with van der Waals surface area (Å²) in [5, 5.41) is 28.0. The summed E-state index contributed by atoms with van der Waals surface area (Å²) in [5.74, 6) is -1.06. The summed E-state index contributed by atoms with van der Waals surface area (Å²) < 4.78 is 123. The molecule has 4 aliphatic heterocycles. The van der Waals surface area contributed by atoms with Crippen LogP contribution in [0.1, 0.15) is 11.1 Å². The van der Waals surface area contributed by atoms with Gasteiger partial charge < -0.3 is 20.8 Å². The molecule has 4 aliphatic rings. The zero-order valence-corrected chi connectivity index (χ0v) is 31.8. The van der Waals surface area contributed by atoms with Crippen molar-refractivity contribution in [1.29, 1.82) is 0 Å². The molecular weight excluding hydrogens is 813 g/mol. The Morgan fingerprint density at radius 2 is 0.911 bits per heavy atom. The van der Waals surface area contributed by atoms with Crippen molar-refractivity contribution in [2.45, 2.75) is 33.4 Å². The number of urea groups is 1. The van der Waals surface area contributed by atoms with Crippen LogP contribution in [0.4, 0.5) is 38.9 Å². The number of sulfonamides is 2. The Labute approximate surface area is 318 Å². The third-order valence-corrected chi connectivity index (χ3v) is 14.8. The minimum absolute atomic E-state index is 0.0575. The molecule has 17 nitrogen and oxygen atoms in total. The van der Waals surface area contributed by atoms with Crippen molar-refractivity contribution in [2.75, 3.05) is 19.2 Å². The molecule has 0 atom stereocenters. The number of hydrogen-bond acceptors (Lipinski definition) is 11. The van der Waals surface area contributed by atoms with Crippen molar-refractivity contribution in [2.24, 2.45) is 0 Å². The number of aromatic hydroxyl groups is 2. The van der Waals surface area contributed by atoms with Crippen LogP contribution in [-0.4, -0.2) is 59.0 Å². The topological polar surface area (TPSA) is 265 Å². The van der Waals surface area contributed by atoms with Gasteiger partial charge in [0, 0.05) is 0 Å². The van der Waals surface area contributed by atoms with Crippen LogP contribution in [0, 0.1) is 13.8 Å². The van der Waals surface area contributed by atoms with E-state index in [0.29, 0.717) is 10.8 Å². The number of hydrogen-bond donors (Lipinski definition) is 6. The third kappa shape index (κ3) is 5.58. The molecule has 2 amide bonds.